The van der Waals surface area contributed by atoms with Crippen LogP contribution in [0.5, 0.6) is 0 Å². The Labute approximate surface area is 142 Å². The summed E-state index contributed by atoms with van der Waals surface area (Å²) >= 11 is 0. The van der Waals surface area contributed by atoms with Crippen LogP contribution in [0.15, 0.2) is 30.3 Å². The molecule has 3 rings (SSSR count). The highest BCUT2D eigenvalue weighted by Gasteiger charge is 2.34. The molecule has 1 aromatic carbocycles. The van der Waals surface area contributed by atoms with E-state index < -0.39 is 18.5 Å². The monoisotopic (exact) mass is 348 g/mol. The van der Waals surface area contributed by atoms with Gasteiger partial charge in [-0.3, -0.25) is 4.79 Å². The molecule has 1 aliphatic rings. The minimum absolute atomic E-state index is 0.216. The Morgan fingerprint density at radius 3 is 2.52 bits per heavy atom. The molecule has 1 fully saturated rings. The van der Waals surface area contributed by atoms with Gasteiger partial charge in [-0.1, -0.05) is 18.2 Å². The number of carbonyl (C=O) groups is 1. The number of anilines is 1. The summed E-state index contributed by atoms with van der Waals surface area (Å²) in [4.78, 5) is 19.2. The predicted octanol–water partition coefficient (Wildman–Crippen LogP) is 2.71. The zero-order chi connectivity index (χ0) is 18.0. The number of hydrogen-bond acceptors (Lipinski definition) is 4. The fraction of sp³-hybridized carbons (Fsp3) is 0.353. The van der Waals surface area contributed by atoms with Crippen LogP contribution in [-0.4, -0.2) is 48.1 Å². The number of hydrogen-bond donors (Lipinski definition) is 0. The molecule has 25 heavy (non-hydrogen) atoms. The van der Waals surface area contributed by atoms with E-state index in [9.17, 15) is 18.0 Å². The van der Waals surface area contributed by atoms with Crippen molar-refractivity contribution >= 4 is 22.5 Å². The Morgan fingerprint density at radius 1 is 1.20 bits per heavy atom. The molecule has 0 aliphatic carbocycles. The molecule has 5 nitrogen and oxygen atoms in total. The number of nitrogens with zero attached hydrogens (tertiary/aromatic N) is 4. The van der Waals surface area contributed by atoms with Crippen molar-refractivity contribution in [1.29, 1.82) is 5.26 Å². The lowest BCUT2D eigenvalue weighted by Gasteiger charge is -2.36. The number of pyridine rings is 1. The molecule has 2 aromatic rings. The quantitative estimate of drug-likeness (QED) is 0.837. The first-order chi connectivity index (χ1) is 11.9. The predicted molar refractivity (Wildman–Crippen MR) is 85.9 cm³/mol. The van der Waals surface area contributed by atoms with Gasteiger partial charge in [-0.05, 0) is 12.1 Å². The summed E-state index contributed by atoms with van der Waals surface area (Å²) in [5.41, 5.74) is 1.78. The van der Waals surface area contributed by atoms with Gasteiger partial charge in [-0.15, -0.1) is 0 Å². The first kappa shape index (κ1) is 17.0. The minimum atomic E-state index is -4.49. The van der Waals surface area contributed by atoms with Crippen LogP contribution in [0.25, 0.3) is 10.9 Å². The van der Waals surface area contributed by atoms with Crippen molar-refractivity contribution < 1.29 is 18.0 Å². The number of para-hydroxylation sites is 1. The smallest absolute Gasteiger partial charge is 0.367 e. The number of amides is 1. The SMILES string of the molecule is N#Cc1cc(N2CCN(C(=O)CC(F)(F)F)CC2)c2ccccc2n1. The molecule has 0 saturated carbocycles. The van der Waals surface area contributed by atoms with Gasteiger partial charge in [0.1, 0.15) is 18.2 Å². The molecule has 130 valence electrons. The van der Waals surface area contributed by atoms with Crippen molar-refractivity contribution in [2.45, 2.75) is 12.6 Å². The van der Waals surface area contributed by atoms with Crippen LogP contribution >= 0.6 is 0 Å². The molecule has 1 amide bonds. The summed E-state index contributed by atoms with van der Waals surface area (Å²) in [5.74, 6) is -0.899. The lowest BCUT2D eigenvalue weighted by atomic mass is 10.1. The Kier molecular flexibility index (Phi) is 4.49. The molecule has 0 N–H and O–H groups in total. The van der Waals surface area contributed by atoms with E-state index >= 15 is 0 Å². The highest BCUT2D eigenvalue weighted by Crippen LogP contribution is 2.28. The molecule has 1 aromatic heterocycles. The van der Waals surface area contributed by atoms with Crippen molar-refractivity contribution in [1.82, 2.24) is 9.88 Å². The Bertz CT molecular complexity index is 836. The van der Waals surface area contributed by atoms with E-state index in [1.807, 2.05) is 35.2 Å². The molecule has 8 heteroatoms. The van der Waals surface area contributed by atoms with E-state index in [0.29, 0.717) is 18.6 Å². The molecule has 0 unspecified atom stereocenters. The van der Waals surface area contributed by atoms with E-state index in [4.69, 9.17) is 5.26 Å². The van der Waals surface area contributed by atoms with Gasteiger partial charge >= 0.3 is 6.18 Å². The fourth-order valence-electron chi connectivity index (χ4n) is 2.96. The van der Waals surface area contributed by atoms with Crippen molar-refractivity contribution in [3.05, 3.63) is 36.0 Å². The van der Waals surface area contributed by atoms with Gasteiger partial charge in [0.25, 0.3) is 0 Å². The van der Waals surface area contributed by atoms with E-state index in [1.54, 1.807) is 6.07 Å². The van der Waals surface area contributed by atoms with Gasteiger partial charge < -0.3 is 9.80 Å². The zero-order valence-electron chi connectivity index (χ0n) is 13.3. The summed E-state index contributed by atoms with van der Waals surface area (Å²) in [5, 5.41) is 10.0. The van der Waals surface area contributed by atoms with Gasteiger partial charge in [0.2, 0.25) is 5.91 Å². The number of carbonyl (C=O) groups excluding carboxylic acids is 1. The fourth-order valence-corrected chi connectivity index (χ4v) is 2.96. The maximum atomic E-state index is 12.4. The van der Waals surface area contributed by atoms with Crippen molar-refractivity contribution in [2.75, 3.05) is 31.1 Å². The normalized spacial score (nSPS) is 15.3. The van der Waals surface area contributed by atoms with E-state index in [1.165, 1.54) is 4.90 Å². The van der Waals surface area contributed by atoms with Crippen LogP contribution < -0.4 is 4.90 Å². The van der Waals surface area contributed by atoms with E-state index in [2.05, 4.69) is 4.98 Å². The second kappa shape index (κ2) is 6.59. The first-order valence-corrected chi connectivity index (χ1v) is 7.77. The highest BCUT2D eigenvalue weighted by atomic mass is 19.4. The third-order valence-electron chi connectivity index (χ3n) is 4.13. The third kappa shape index (κ3) is 3.82. The van der Waals surface area contributed by atoms with Gasteiger partial charge in [-0.2, -0.15) is 18.4 Å². The molecule has 0 radical (unpaired) electrons. The number of benzene rings is 1. The molecule has 1 saturated heterocycles. The number of fused-ring (bicyclic) bond motifs is 1. The minimum Gasteiger partial charge on any atom is -0.367 e. The van der Waals surface area contributed by atoms with Gasteiger partial charge in [0, 0.05) is 37.3 Å². The number of rotatable bonds is 2. The molecule has 0 spiro atoms. The van der Waals surface area contributed by atoms with Crippen molar-refractivity contribution in [3.8, 4) is 6.07 Å². The summed E-state index contributed by atoms with van der Waals surface area (Å²) in [7, 11) is 0. The van der Waals surface area contributed by atoms with Crippen LogP contribution in [0, 0.1) is 11.3 Å². The average Bonchev–Trinajstić information content (AvgIpc) is 2.59. The number of halogens is 3. The second-order valence-electron chi connectivity index (χ2n) is 5.82. The lowest BCUT2D eigenvalue weighted by Crippen LogP contribution is -2.49. The molecule has 1 aliphatic heterocycles. The Balaban J connectivity index is 1.79. The number of piperazine rings is 1. The van der Waals surface area contributed by atoms with Crippen molar-refractivity contribution in [3.63, 3.8) is 0 Å². The standard InChI is InChI=1S/C17H15F3N4O/c18-17(19,20)10-16(25)24-7-5-23(6-8-24)15-9-12(11-21)22-14-4-2-1-3-13(14)15/h1-4,9H,5-8,10H2. The van der Waals surface area contributed by atoms with Gasteiger partial charge in [-0.25, -0.2) is 4.98 Å². The van der Waals surface area contributed by atoms with Crippen LogP contribution in [0.4, 0.5) is 18.9 Å². The summed E-state index contributed by atoms with van der Waals surface area (Å²) in [6, 6.07) is 11.1. The summed E-state index contributed by atoms with van der Waals surface area (Å²) in [6.45, 7) is 1.24. The molecular formula is C17H15F3N4O. The van der Waals surface area contributed by atoms with Crippen LogP contribution in [0.3, 0.4) is 0 Å². The van der Waals surface area contributed by atoms with Crippen LogP contribution in [-0.2, 0) is 4.79 Å². The van der Waals surface area contributed by atoms with E-state index in [0.717, 1.165) is 11.1 Å². The topological polar surface area (TPSA) is 60.2 Å². The third-order valence-corrected chi connectivity index (χ3v) is 4.13. The maximum Gasteiger partial charge on any atom is 0.397 e. The zero-order valence-corrected chi connectivity index (χ0v) is 13.3. The lowest BCUT2D eigenvalue weighted by molar-refractivity contribution is -0.161. The first-order valence-electron chi connectivity index (χ1n) is 7.77. The largest absolute Gasteiger partial charge is 0.397 e. The molecule has 0 bridgehead atoms. The Morgan fingerprint density at radius 2 is 1.88 bits per heavy atom. The van der Waals surface area contributed by atoms with Crippen molar-refractivity contribution in [2.24, 2.45) is 0 Å². The molecule has 2 heterocycles. The van der Waals surface area contributed by atoms with Crippen LogP contribution in [0.2, 0.25) is 0 Å². The average molecular weight is 348 g/mol. The number of nitriles is 1. The molecule has 0 atom stereocenters. The van der Waals surface area contributed by atoms with Gasteiger partial charge in [0.05, 0.1) is 5.52 Å². The molecular weight excluding hydrogens is 333 g/mol. The summed E-state index contributed by atoms with van der Waals surface area (Å²) < 4.78 is 37.1. The second-order valence-corrected chi connectivity index (χ2v) is 5.82. The maximum absolute atomic E-state index is 12.4. The van der Waals surface area contributed by atoms with Gasteiger partial charge in [0.15, 0.2) is 0 Å². The van der Waals surface area contributed by atoms with Crippen LogP contribution in [0.1, 0.15) is 12.1 Å². The number of aromatic nitrogens is 1. The van der Waals surface area contributed by atoms with E-state index in [-0.39, 0.29) is 18.8 Å². The summed E-state index contributed by atoms with van der Waals surface area (Å²) in [6.07, 6.45) is -5.92. The Hall–Kier alpha value is -2.82. The number of alkyl halides is 3. The highest BCUT2D eigenvalue weighted by molar-refractivity contribution is 5.92.